The van der Waals surface area contributed by atoms with Crippen LogP contribution in [0.2, 0.25) is 0 Å². The predicted octanol–water partition coefficient (Wildman–Crippen LogP) is 2.16. The smallest absolute Gasteiger partial charge is 0.257 e. The highest BCUT2D eigenvalue weighted by Crippen LogP contribution is 2.51. The summed E-state index contributed by atoms with van der Waals surface area (Å²) >= 11 is 0. The molecule has 1 aliphatic heterocycles. The highest BCUT2D eigenvalue weighted by molar-refractivity contribution is 5.95. The van der Waals surface area contributed by atoms with Crippen LogP contribution in [0.25, 0.3) is 0 Å². The number of hydrogen-bond acceptors (Lipinski definition) is 4. The van der Waals surface area contributed by atoms with Crippen molar-refractivity contribution in [3.63, 3.8) is 0 Å². The fourth-order valence-corrected chi connectivity index (χ4v) is 4.27. The zero-order valence-electron chi connectivity index (χ0n) is 15.2. The molecule has 0 radical (unpaired) electrons. The van der Waals surface area contributed by atoms with Crippen LogP contribution in [-0.4, -0.2) is 57.6 Å². The Morgan fingerprint density at radius 2 is 2.12 bits per heavy atom. The van der Waals surface area contributed by atoms with Gasteiger partial charge in [-0.25, -0.2) is 0 Å². The van der Waals surface area contributed by atoms with Crippen LogP contribution in [0.1, 0.15) is 62.1 Å². The van der Waals surface area contributed by atoms with Gasteiger partial charge in [-0.05, 0) is 40.5 Å². The minimum absolute atomic E-state index is 0.0519. The summed E-state index contributed by atoms with van der Waals surface area (Å²) in [6.45, 7) is 10.1. The van der Waals surface area contributed by atoms with Crippen LogP contribution in [0, 0.1) is 12.3 Å². The van der Waals surface area contributed by atoms with Gasteiger partial charge in [-0.15, -0.1) is 0 Å². The lowest BCUT2D eigenvalue weighted by atomic mass is 9.58. The fourth-order valence-electron chi connectivity index (χ4n) is 4.27. The summed E-state index contributed by atoms with van der Waals surface area (Å²) in [7, 11) is 0. The van der Waals surface area contributed by atoms with Gasteiger partial charge in [0, 0.05) is 43.3 Å². The number of aliphatic hydroxyl groups is 1. The van der Waals surface area contributed by atoms with E-state index in [0.29, 0.717) is 25.3 Å². The standard InChI is InChI=1S/C18H29N3O3/c1-5-24-16-10-15(22)18(16)6-8-20(9-7-18)17(23)14-11-19-21(12(2)3)13(14)4/h11-12,15-16,22H,5-10H2,1-4H3. The maximum atomic E-state index is 12.8. The van der Waals surface area contributed by atoms with Crippen molar-refractivity contribution in [1.82, 2.24) is 14.7 Å². The first-order valence-electron chi connectivity index (χ1n) is 9.03. The molecule has 6 heteroatoms. The van der Waals surface area contributed by atoms with Crippen molar-refractivity contribution in [3.8, 4) is 0 Å². The van der Waals surface area contributed by atoms with E-state index in [1.165, 1.54) is 0 Å². The molecule has 2 unspecified atom stereocenters. The maximum Gasteiger partial charge on any atom is 0.257 e. The Kier molecular flexibility index (Phi) is 4.71. The number of likely N-dealkylation sites (tertiary alicyclic amines) is 1. The molecule has 3 rings (SSSR count). The molecule has 24 heavy (non-hydrogen) atoms. The molecule has 2 fully saturated rings. The van der Waals surface area contributed by atoms with Crippen molar-refractivity contribution in [2.75, 3.05) is 19.7 Å². The van der Waals surface area contributed by atoms with E-state index in [4.69, 9.17) is 4.74 Å². The van der Waals surface area contributed by atoms with Crippen molar-refractivity contribution in [1.29, 1.82) is 0 Å². The molecule has 1 saturated heterocycles. The molecular formula is C18H29N3O3. The summed E-state index contributed by atoms with van der Waals surface area (Å²) in [5.74, 6) is 0.0519. The number of piperidine rings is 1. The molecule has 1 saturated carbocycles. The number of amides is 1. The van der Waals surface area contributed by atoms with Gasteiger partial charge in [0.2, 0.25) is 0 Å². The van der Waals surface area contributed by atoms with Crippen LogP contribution in [0.3, 0.4) is 0 Å². The average Bonchev–Trinajstić information content (AvgIpc) is 2.96. The number of carbonyl (C=O) groups excluding carboxylic acids is 1. The Morgan fingerprint density at radius 3 is 2.62 bits per heavy atom. The Bertz CT molecular complexity index is 601. The lowest BCUT2D eigenvalue weighted by Gasteiger charge is -2.56. The first-order chi connectivity index (χ1) is 11.4. The minimum Gasteiger partial charge on any atom is -0.392 e. The summed E-state index contributed by atoms with van der Waals surface area (Å²) in [6.07, 6.45) is 3.87. The van der Waals surface area contributed by atoms with E-state index in [-0.39, 0.29) is 29.6 Å². The van der Waals surface area contributed by atoms with Gasteiger partial charge in [0.25, 0.3) is 5.91 Å². The first-order valence-corrected chi connectivity index (χ1v) is 9.03. The van der Waals surface area contributed by atoms with Gasteiger partial charge >= 0.3 is 0 Å². The average molecular weight is 335 g/mol. The van der Waals surface area contributed by atoms with Gasteiger partial charge in [-0.1, -0.05) is 0 Å². The summed E-state index contributed by atoms with van der Waals surface area (Å²) in [6, 6.07) is 0.244. The molecule has 0 bridgehead atoms. The number of ether oxygens (including phenoxy) is 1. The zero-order valence-corrected chi connectivity index (χ0v) is 15.2. The summed E-state index contributed by atoms with van der Waals surface area (Å²) in [5, 5.41) is 14.6. The van der Waals surface area contributed by atoms with Crippen LogP contribution in [-0.2, 0) is 4.74 Å². The topological polar surface area (TPSA) is 67.6 Å². The molecule has 1 spiro atoms. The van der Waals surface area contributed by atoms with Crippen molar-refractivity contribution < 1.29 is 14.6 Å². The Hall–Kier alpha value is -1.40. The predicted molar refractivity (Wildman–Crippen MR) is 91.0 cm³/mol. The molecular weight excluding hydrogens is 306 g/mol. The number of rotatable bonds is 4. The van der Waals surface area contributed by atoms with E-state index in [2.05, 4.69) is 18.9 Å². The van der Waals surface area contributed by atoms with E-state index in [1.54, 1.807) is 6.20 Å². The number of nitrogens with zero attached hydrogens (tertiary/aromatic N) is 3. The Balaban J connectivity index is 1.68. The minimum atomic E-state index is -0.295. The number of carbonyl (C=O) groups is 1. The zero-order chi connectivity index (χ0) is 17.5. The molecule has 0 aromatic carbocycles. The van der Waals surface area contributed by atoms with E-state index < -0.39 is 0 Å². The molecule has 2 heterocycles. The number of aliphatic hydroxyl groups excluding tert-OH is 1. The van der Waals surface area contributed by atoms with Crippen LogP contribution >= 0.6 is 0 Å². The third kappa shape index (κ3) is 2.65. The first kappa shape index (κ1) is 17.4. The molecule has 1 aromatic heterocycles. The second kappa shape index (κ2) is 6.48. The van der Waals surface area contributed by atoms with Crippen LogP contribution in [0.5, 0.6) is 0 Å². The van der Waals surface area contributed by atoms with Crippen LogP contribution in [0.15, 0.2) is 6.20 Å². The van der Waals surface area contributed by atoms with Crippen molar-refractivity contribution >= 4 is 5.91 Å². The van der Waals surface area contributed by atoms with Gasteiger partial charge < -0.3 is 14.7 Å². The molecule has 1 aliphatic carbocycles. The van der Waals surface area contributed by atoms with E-state index in [9.17, 15) is 9.90 Å². The van der Waals surface area contributed by atoms with E-state index in [1.807, 2.05) is 23.4 Å². The molecule has 6 nitrogen and oxygen atoms in total. The fraction of sp³-hybridized carbons (Fsp3) is 0.778. The summed E-state index contributed by atoms with van der Waals surface area (Å²) < 4.78 is 7.68. The number of aromatic nitrogens is 2. The largest absolute Gasteiger partial charge is 0.392 e. The number of hydrogen-bond donors (Lipinski definition) is 1. The Morgan fingerprint density at radius 1 is 1.46 bits per heavy atom. The molecule has 134 valence electrons. The third-order valence-corrected chi connectivity index (χ3v) is 5.86. The van der Waals surface area contributed by atoms with Crippen molar-refractivity contribution in [3.05, 3.63) is 17.5 Å². The van der Waals surface area contributed by atoms with Gasteiger partial charge in [-0.2, -0.15) is 5.10 Å². The lowest BCUT2D eigenvalue weighted by molar-refractivity contribution is -0.207. The monoisotopic (exact) mass is 335 g/mol. The summed E-state index contributed by atoms with van der Waals surface area (Å²) in [5.41, 5.74) is 1.46. The van der Waals surface area contributed by atoms with Gasteiger partial charge in [0.15, 0.2) is 0 Å². The van der Waals surface area contributed by atoms with E-state index in [0.717, 1.165) is 25.0 Å². The van der Waals surface area contributed by atoms with Crippen LogP contribution in [0.4, 0.5) is 0 Å². The SMILES string of the molecule is CCOC1CC(O)C12CCN(C(=O)c1cnn(C(C)C)c1C)CC2. The lowest BCUT2D eigenvalue weighted by Crippen LogP contribution is -2.62. The molecule has 1 N–H and O–H groups in total. The quantitative estimate of drug-likeness (QED) is 0.916. The second-order valence-electron chi connectivity index (χ2n) is 7.40. The van der Waals surface area contributed by atoms with Crippen molar-refractivity contribution in [2.24, 2.45) is 5.41 Å². The molecule has 2 atom stereocenters. The molecule has 1 aromatic rings. The summed E-state index contributed by atoms with van der Waals surface area (Å²) in [4.78, 5) is 14.7. The van der Waals surface area contributed by atoms with Gasteiger partial charge in [0.05, 0.1) is 24.0 Å². The van der Waals surface area contributed by atoms with Crippen LogP contribution < -0.4 is 0 Å². The highest BCUT2D eigenvalue weighted by Gasteiger charge is 2.56. The van der Waals surface area contributed by atoms with Crippen molar-refractivity contribution in [2.45, 2.75) is 65.2 Å². The highest BCUT2D eigenvalue weighted by atomic mass is 16.5. The third-order valence-electron chi connectivity index (χ3n) is 5.86. The molecule has 2 aliphatic rings. The maximum absolute atomic E-state index is 12.8. The van der Waals surface area contributed by atoms with Gasteiger partial charge in [0.1, 0.15) is 0 Å². The Labute approximate surface area is 143 Å². The van der Waals surface area contributed by atoms with Gasteiger partial charge in [-0.3, -0.25) is 9.48 Å². The van der Waals surface area contributed by atoms with E-state index >= 15 is 0 Å². The normalized spacial score (nSPS) is 26.0. The second-order valence-corrected chi connectivity index (χ2v) is 7.40. The molecule has 1 amide bonds.